The third-order valence-electron chi connectivity index (χ3n) is 3.11. The van der Waals surface area contributed by atoms with Crippen LogP contribution >= 0.6 is 0 Å². The lowest BCUT2D eigenvalue weighted by Gasteiger charge is -2.29. The number of aryl methyl sites for hydroxylation is 1. The second kappa shape index (κ2) is 6.45. The summed E-state index contributed by atoms with van der Waals surface area (Å²) in [6, 6.07) is 7.64. The van der Waals surface area contributed by atoms with E-state index in [-0.39, 0.29) is 10.8 Å². The van der Waals surface area contributed by atoms with Crippen molar-refractivity contribution >= 4 is 10.8 Å². The molecule has 21 heavy (non-hydrogen) atoms. The maximum atomic E-state index is 12.9. The van der Waals surface area contributed by atoms with Crippen LogP contribution in [0, 0.1) is 17.8 Å². The molecule has 118 valence electrons. The molecule has 0 aliphatic rings. The average molecular weight is 308 g/mol. The van der Waals surface area contributed by atoms with E-state index in [1.54, 1.807) is 0 Å². The Morgan fingerprint density at radius 3 is 1.95 bits per heavy atom. The molecule has 0 saturated carbocycles. The van der Waals surface area contributed by atoms with Crippen LogP contribution in [0.1, 0.15) is 47.1 Å². The molecular weight excluding hydrogens is 280 g/mol. The van der Waals surface area contributed by atoms with Gasteiger partial charge in [0.2, 0.25) is 0 Å². The lowest BCUT2D eigenvalue weighted by atomic mass is 9.86. The van der Waals surface area contributed by atoms with Crippen LogP contribution < -0.4 is 0 Å². The number of benzene rings is 1. The van der Waals surface area contributed by atoms with Gasteiger partial charge in [-0.1, -0.05) is 65.3 Å². The summed E-state index contributed by atoms with van der Waals surface area (Å²) in [5.41, 5.74) is 0.646. The lowest BCUT2D eigenvalue weighted by molar-refractivity contribution is 0.101. The Kier molecular flexibility index (Phi) is 5.57. The predicted molar refractivity (Wildman–Crippen MR) is 90.6 cm³/mol. The number of hydrogen-bond acceptors (Lipinski definition) is 2. The van der Waals surface area contributed by atoms with Gasteiger partial charge in [-0.25, -0.2) is 4.21 Å². The van der Waals surface area contributed by atoms with Crippen LogP contribution in [0.4, 0.5) is 0 Å². The van der Waals surface area contributed by atoms with Crippen molar-refractivity contribution in [3.05, 3.63) is 40.8 Å². The van der Waals surface area contributed by atoms with E-state index in [9.17, 15) is 9.32 Å². The Bertz CT molecular complexity index is 528. The summed E-state index contributed by atoms with van der Waals surface area (Å²) < 4.78 is 12.9. The van der Waals surface area contributed by atoms with Gasteiger partial charge in [0.25, 0.3) is 0 Å². The summed E-state index contributed by atoms with van der Waals surface area (Å²) >= 11 is 0. The molecule has 0 saturated heterocycles. The summed E-state index contributed by atoms with van der Waals surface area (Å²) in [5, 5.41) is 10.6. The number of aliphatic hydroxyl groups excluding tert-OH is 1. The summed E-state index contributed by atoms with van der Waals surface area (Å²) in [4.78, 5) is 1.33. The first-order valence-corrected chi connectivity index (χ1v) is 8.46. The molecule has 2 nitrogen and oxygen atoms in total. The van der Waals surface area contributed by atoms with Crippen molar-refractivity contribution in [1.29, 1.82) is 0 Å². The molecule has 1 aromatic rings. The predicted octanol–water partition coefficient (Wildman–Crippen LogP) is 4.44. The topological polar surface area (TPSA) is 37.3 Å². The van der Waals surface area contributed by atoms with Crippen molar-refractivity contribution in [2.75, 3.05) is 0 Å². The smallest absolute Gasteiger partial charge is 0.0922 e. The molecule has 0 aliphatic heterocycles. The SMILES string of the molecule is Cc1ccc(S(=O)/C(=C\C(C)(C)C)[C@H](O)C(C)(C)C)cc1. The highest BCUT2D eigenvalue weighted by molar-refractivity contribution is 7.89. The van der Waals surface area contributed by atoms with Gasteiger partial charge in [-0.3, -0.25) is 0 Å². The van der Waals surface area contributed by atoms with Crippen molar-refractivity contribution in [2.24, 2.45) is 10.8 Å². The number of aliphatic hydroxyl groups is 1. The van der Waals surface area contributed by atoms with Crippen molar-refractivity contribution in [1.82, 2.24) is 0 Å². The molecule has 3 heteroatoms. The zero-order valence-electron chi connectivity index (χ0n) is 14.2. The van der Waals surface area contributed by atoms with Crippen molar-refractivity contribution in [3.63, 3.8) is 0 Å². The maximum absolute atomic E-state index is 12.9. The minimum absolute atomic E-state index is 0.137. The van der Waals surface area contributed by atoms with Crippen LogP contribution in [0.15, 0.2) is 40.1 Å². The molecule has 0 radical (unpaired) electrons. The van der Waals surface area contributed by atoms with Gasteiger partial charge in [0, 0.05) is 9.80 Å². The first-order chi connectivity index (χ1) is 9.42. The second-order valence-corrected chi connectivity index (χ2v) is 9.24. The van der Waals surface area contributed by atoms with Crippen LogP contribution in [-0.2, 0) is 10.8 Å². The third kappa shape index (κ3) is 5.40. The van der Waals surface area contributed by atoms with Crippen LogP contribution in [0.25, 0.3) is 0 Å². The Balaban J connectivity index is 3.28. The van der Waals surface area contributed by atoms with Crippen molar-refractivity contribution in [2.45, 2.75) is 59.5 Å². The molecule has 0 amide bonds. The monoisotopic (exact) mass is 308 g/mol. The van der Waals surface area contributed by atoms with Gasteiger partial charge < -0.3 is 5.11 Å². The molecule has 0 aliphatic carbocycles. The zero-order valence-corrected chi connectivity index (χ0v) is 15.0. The number of allylic oxidation sites excluding steroid dienone is 1. The van der Waals surface area contributed by atoms with Crippen LogP contribution in [-0.4, -0.2) is 15.4 Å². The van der Waals surface area contributed by atoms with Gasteiger partial charge in [0.15, 0.2) is 0 Å². The number of rotatable bonds is 3. The Hall–Kier alpha value is -0.930. The van der Waals surface area contributed by atoms with Crippen LogP contribution in [0.3, 0.4) is 0 Å². The van der Waals surface area contributed by atoms with E-state index in [1.807, 2.05) is 58.0 Å². The van der Waals surface area contributed by atoms with E-state index in [0.29, 0.717) is 4.91 Å². The molecular formula is C18H28O2S. The van der Waals surface area contributed by atoms with E-state index >= 15 is 0 Å². The molecule has 1 unspecified atom stereocenters. The average Bonchev–Trinajstić information content (AvgIpc) is 2.33. The molecule has 0 fully saturated rings. The normalized spacial score (nSPS) is 16.7. The first kappa shape index (κ1) is 18.1. The van der Waals surface area contributed by atoms with E-state index in [0.717, 1.165) is 10.5 Å². The van der Waals surface area contributed by atoms with Gasteiger partial charge >= 0.3 is 0 Å². The van der Waals surface area contributed by atoms with Crippen molar-refractivity contribution < 1.29 is 9.32 Å². The van der Waals surface area contributed by atoms with E-state index in [4.69, 9.17) is 0 Å². The third-order valence-corrected chi connectivity index (χ3v) is 4.58. The van der Waals surface area contributed by atoms with Gasteiger partial charge in [0.05, 0.1) is 16.9 Å². The molecule has 0 heterocycles. The fourth-order valence-corrected chi connectivity index (χ4v) is 3.56. The quantitative estimate of drug-likeness (QED) is 0.896. The van der Waals surface area contributed by atoms with Crippen molar-refractivity contribution in [3.8, 4) is 0 Å². The summed E-state index contributed by atoms with van der Waals surface area (Å²) in [5.74, 6) is 0. The summed E-state index contributed by atoms with van der Waals surface area (Å²) in [7, 11) is -1.34. The highest BCUT2D eigenvalue weighted by Crippen LogP contribution is 2.32. The summed E-state index contributed by atoms with van der Waals surface area (Å²) in [6.45, 7) is 14.0. The fraction of sp³-hybridized carbons (Fsp3) is 0.556. The maximum Gasteiger partial charge on any atom is 0.0922 e. The van der Waals surface area contributed by atoms with Gasteiger partial charge in [-0.2, -0.15) is 0 Å². The molecule has 0 bridgehead atoms. The zero-order chi connectivity index (χ0) is 16.4. The lowest BCUT2D eigenvalue weighted by Crippen LogP contribution is -2.30. The summed E-state index contributed by atoms with van der Waals surface area (Å²) in [6.07, 6.45) is 1.21. The Morgan fingerprint density at radius 2 is 1.57 bits per heavy atom. The van der Waals surface area contributed by atoms with E-state index < -0.39 is 16.9 Å². The minimum atomic E-state index is -1.34. The Morgan fingerprint density at radius 1 is 1.10 bits per heavy atom. The first-order valence-electron chi connectivity index (χ1n) is 7.31. The molecule has 1 N–H and O–H groups in total. The number of hydrogen-bond donors (Lipinski definition) is 1. The van der Waals surface area contributed by atoms with E-state index in [2.05, 4.69) is 20.8 Å². The van der Waals surface area contributed by atoms with Gasteiger partial charge in [-0.15, -0.1) is 0 Å². The highest BCUT2D eigenvalue weighted by atomic mass is 32.2. The minimum Gasteiger partial charge on any atom is -0.387 e. The van der Waals surface area contributed by atoms with Gasteiger partial charge in [-0.05, 0) is 29.9 Å². The van der Waals surface area contributed by atoms with E-state index in [1.165, 1.54) is 0 Å². The fourth-order valence-electron chi connectivity index (χ4n) is 1.89. The van der Waals surface area contributed by atoms with Crippen LogP contribution in [0.2, 0.25) is 0 Å². The molecule has 1 rings (SSSR count). The highest BCUT2D eigenvalue weighted by Gasteiger charge is 2.31. The largest absolute Gasteiger partial charge is 0.387 e. The second-order valence-electron chi connectivity index (χ2n) is 7.76. The van der Waals surface area contributed by atoms with Gasteiger partial charge in [0.1, 0.15) is 0 Å². The Labute approximate surface area is 131 Å². The molecule has 0 spiro atoms. The standard InChI is InChI=1S/C18H28O2S/c1-13-8-10-14(11-9-13)21(20)15(12-17(2,3)4)16(19)18(5,6)7/h8-12,16,19H,1-7H3/b15-12-/t16-,21?/m0/s1. The molecule has 1 aromatic carbocycles. The van der Waals surface area contributed by atoms with Crippen LogP contribution in [0.5, 0.6) is 0 Å². The molecule has 0 aromatic heterocycles. The molecule has 2 atom stereocenters.